The van der Waals surface area contributed by atoms with E-state index < -0.39 is 0 Å². The minimum atomic E-state index is 0.614. The van der Waals surface area contributed by atoms with E-state index in [0.717, 1.165) is 18.2 Å². The lowest BCUT2D eigenvalue weighted by molar-refractivity contribution is 0.333. The van der Waals surface area contributed by atoms with E-state index in [-0.39, 0.29) is 0 Å². The second-order valence-corrected chi connectivity index (χ2v) is 4.67. The fourth-order valence-electron chi connectivity index (χ4n) is 2.50. The summed E-state index contributed by atoms with van der Waals surface area (Å²) in [4.78, 5) is 0. The first-order valence-electron chi connectivity index (χ1n) is 6.16. The molecule has 2 atom stereocenters. The zero-order chi connectivity index (χ0) is 11.4. The standard InChI is InChI=1S/C14H21NO/c1-11(13-6-4-8-15-10-13)12-5-3-7-14(9-12)16-2/h3,5,7,9,11,13,15H,4,6,8,10H2,1-2H3. The fourth-order valence-corrected chi connectivity index (χ4v) is 2.50. The Kier molecular flexibility index (Phi) is 3.83. The molecule has 88 valence electrons. The Morgan fingerprint density at radius 1 is 1.44 bits per heavy atom. The SMILES string of the molecule is COc1cccc(C(C)C2CCCNC2)c1. The van der Waals surface area contributed by atoms with Gasteiger partial charge < -0.3 is 10.1 Å². The number of hydrogen-bond acceptors (Lipinski definition) is 2. The van der Waals surface area contributed by atoms with Crippen molar-refractivity contribution in [2.75, 3.05) is 20.2 Å². The van der Waals surface area contributed by atoms with Crippen LogP contribution >= 0.6 is 0 Å². The monoisotopic (exact) mass is 219 g/mol. The molecule has 0 aromatic heterocycles. The molecule has 0 saturated carbocycles. The molecular weight excluding hydrogens is 198 g/mol. The van der Waals surface area contributed by atoms with Crippen molar-refractivity contribution >= 4 is 0 Å². The third kappa shape index (κ3) is 2.56. The normalized spacial score (nSPS) is 22.8. The lowest BCUT2D eigenvalue weighted by atomic mass is 9.83. The quantitative estimate of drug-likeness (QED) is 0.844. The lowest BCUT2D eigenvalue weighted by Crippen LogP contribution is -2.32. The molecule has 2 unspecified atom stereocenters. The van der Waals surface area contributed by atoms with Gasteiger partial charge in [-0.2, -0.15) is 0 Å². The third-order valence-corrected chi connectivity index (χ3v) is 3.66. The van der Waals surface area contributed by atoms with Crippen LogP contribution in [0.25, 0.3) is 0 Å². The number of rotatable bonds is 3. The van der Waals surface area contributed by atoms with Gasteiger partial charge in [-0.25, -0.2) is 0 Å². The number of methoxy groups -OCH3 is 1. The molecule has 16 heavy (non-hydrogen) atoms. The topological polar surface area (TPSA) is 21.3 Å². The minimum absolute atomic E-state index is 0.614. The molecule has 1 saturated heterocycles. The minimum Gasteiger partial charge on any atom is -0.497 e. The fraction of sp³-hybridized carbons (Fsp3) is 0.571. The molecule has 1 heterocycles. The molecule has 0 radical (unpaired) electrons. The predicted molar refractivity (Wildman–Crippen MR) is 67.0 cm³/mol. The van der Waals surface area contributed by atoms with Crippen molar-refractivity contribution in [1.82, 2.24) is 5.32 Å². The smallest absolute Gasteiger partial charge is 0.119 e. The lowest BCUT2D eigenvalue weighted by Gasteiger charge is -2.28. The van der Waals surface area contributed by atoms with Gasteiger partial charge in [-0.05, 0) is 55.5 Å². The zero-order valence-electron chi connectivity index (χ0n) is 10.2. The van der Waals surface area contributed by atoms with Crippen molar-refractivity contribution in [2.24, 2.45) is 5.92 Å². The van der Waals surface area contributed by atoms with Crippen LogP contribution in [0.4, 0.5) is 0 Å². The van der Waals surface area contributed by atoms with E-state index in [0.29, 0.717) is 5.92 Å². The summed E-state index contributed by atoms with van der Waals surface area (Å²) in [5, 5.41) is 3.48. The van der Waals surface area contributed by atoms with E-state index in [1.165, 1.54) is 24.9 Å². The maximum absolute atomic E-state index is 5.28. The molecule has 1 N–H and O–H groups in total. The summed E-state index contributed by atoms with van der Waals surface area (Å²) in [6.07, 6.45) is 2.64. The Bertz CT molecular complexity index is 331. The van der Waals surface area contributed by atoms with Gasteiger partial charge in [0.25, 0.3) is 0 Å². The summed E-state index contributed by atoms with van der Waals surface area (Å²) >= 11 is 0. The summed E-state index contributed by atoms with van der Waals surface area (Å²) in [7, 11) is 1.73. The summed E-state index contributed by atoms with van der Waals surface area (Å²) in [5.41, 5.74) is 1.40. The second-order valence-electron chi connectivity index (χ2n) is 4.67. The largest absolute Gasteiger partial charge is 0.497 e. The summed E-state index contributed by atoms with van der Waals surface area (Å²) < 4.78 is 5.28. The Labute approximate surface area is 98.0 Å². The van der Waals surface area contributed by atoms with Crippen molar-refractivity contribution in [1.29, 1.82) is 0 Å². The molecular formula is C14H21NO. The number of benzene rings is 1. The van der Waals surface area contributed by atoms with Crippen LogP contribution in [0, 0.1) is 5.92 Å². The van der Waals surface area contributed by atoms with Crippen molar-refractivity contribution in [3.05, 3.63) is 29.8 Å². The molecule has 1 aliphatic rings. The molecule has 0 bridgehead atoms. The number of piperidine rings is 1. The molecule has 1 aromatic rings. The van der Waals surface area contributed by atoms with Crippen LogP contribution in [0.1, 0.15) is 31.2 Å². The van der Waals surface area contributed by atoms with Gasteiger partial charge in [0.1, 0.15) is 5.75 Å². The highest BCUT2D eigenvalue weighted by Gasteiger charge is 2.21. The van der Waals surface area contributed by atoms with Crippen molar-refractivity contribution in [3.8, 4) is 5.75 Å². The number of nitrogens with one attached hydrogen (secondary N) is 1. The molecule has 2 nitrogen and oxygen atoms in total. The van der Waals surface area contributed by atoms with Gasteiger partial charge in [0.15, 0.2) is 0 Å². The summed E-state index contributed by atoms with van der Waals surface area (Å²) in [6, 6.07) is 8.47. The van der Waals surface area contributed by atoms with Gasteiger partial charge in [0.05, 0.1) is 7.11 Å². The van der Waals surface area contributed by atoms with Gasteiger partial charge in [0, 0.05) is 0 Å². The van der Waals surface area contributed by atoms with Crippen LogP contribution in [0.3, 0.4) is 0 Å². The molecule has 0 aliphatic carbocycles. The summed E-state index contributed by atoms with van der Waals surface area (Å²) in [5.74, 6) is 2.34. The maximum Gasteiger partial charge on any atom is 0.119 e. The molecule has 2 rings (SSSR count). The molecule has 1 aliphatic heterocycles. The van der Waals surface area contributed by atoms with Crippen LogP contribution in [0.15, 0.2) is 24.3 Å². The first-order valence-corrected chi connectivity index (χ1v) is 6.16. The van der Waals surface area contributed by atoms with Crippen LogP contribution in [0.5, 0.6) is 5.75 Å². The van der Waals surface area contributed by atoms with Gasteiger partial charge in [0.2, 0.25) is 0 Å². The van der Waals surface area contributed by atoms with Crippen LogP contribution in [-0.2, 0) is 0 Å². The molecule has 1 fully saturated rings. The first-order chi connectivity index (χ1) is 7.81. The highest BCUT2D eigenvalue weighted by molar-refractivity contribution is 5.31. The zero-order valence-corrected chi connectivity index (χ0v) is 10.2. The van der Waals surface area contributed by atoms with E-state index in [9.17, 15) is 0 Å². The van der Waals surface area contributed by atoms with Gasteiger partial charge in [-0.15, -0.1) is 0 Å². The van der Waals surface area contributed by atoms with Crippen molar-refractivity contribution in [2.45, 2.75) is 25.7 Å². The number of ether oxygens (including phenoxy) is 1. The van der Waals surface area contributed by atoms with E-state index >= 15 is 0 Å². The molecule has 1 aromatic carbocycles. The van der Waals surface area contributed by atoms with Crippen LogP contribution in [-0.4, -0.2) is 20.2 Å². The second kappa shape index (κ2) is 5.35. The average molecular weight is 219 g/mol. The third-order valence-electron chi connectivity index (χ3n) is 3.66. The first kappa shape index (κ1) is 11.5. The van der Waals surface area contributed by atoms with Gasteiger partial charge in [-0.1, -0.05) is 19.1 Å². The highest BCUT2D eigenvalue weighted by atomic mass is 16.5. The van der Waals surface area contributed by atoms with Crippen molar-refractivity contribution < 1.29 is 4.74 Å². The Morgan fingerprint density at radius 2 is 2.31 bits per heavy atom. The van der Waals surface area contributed by atoms with E-state index in [1.807, 2.05) is 6.07 Å². The number of hydrogen-bond donors (Lipinski definition) is 1. The Morgan fingerprint density at radius 3 is 3.00 bits per heavy atom. The van der Waals surface area contributed by atoms with Gasteiger partial charge in [-0.3, -0.25) is 0 Å². The van der Waals surface area contributed by atoms with Crippen molar-refractivity contribution in [3.63, 3.8) is 0 Å². The Balaban J connectivity index is 2.09. The van der Waals surface area contributed by atoms with E-state index in [1.54, 1.807) is 7.11 Å². The molecule has 0 spiro atoms. The predicted octanol–water partition coefficient (Wildman–Crippen LogP) is 2.80. The van der Waals surface area contributed by atoms with Crippen LogP contribution < -0.4 is 10.1 Å². The van der Waals surface area contributed by atoms with Crippen LogP contribution in [0.2, 0.25) is 0 Å². The van der Waals surface area contributed by atoms with E-state index in [4.69, 9.17) is 4.74 Å². The highest BCUT2D eigenvalue weighted by Crippen LogP contribution is 2.30. The Hall–Kier alpha value is -1.02. The van der Waals surface area contributed by atoms with Gasteiger partial charge >= 0.3 is 0 Å². The molecule has 0 amide bonds. The van der Waals surface area contributed by atoms with E-state index in [2.05, 4.69) is 30.4 Å². The molecule has 2 heteroatoms. The average Bonchev–Trinajstić information content (AvgIpc) is 2.39. The maximum atomic E-state index is 5.28. The summed E-state index contributed by atoms with van der Waals surface area (Å²) in [6.45, 7) is 4.66.